The predicted molar refractivity (Wildman–Crippen MR) is 92.6 cm³/mol. The summed E-state index contributed by atoms with van der Waals surface area (Å²) in [6.07, 6.45) is 1.87. The molecule has 0 aliphatic rings. The molecule has 0 saturated carbocycles. The quantitative estimate of drug-likeness (QED) is 0.502. The molecule has 0 aliphatic carbocycles. The van der Waals surface area contributed by atoms with Gasteiger partial charge in [0.15, 0.2) is 5.78 Å². The number of Topliss-reactive ketones (excluding diaryl/α,β-unsaturated/α-hetero) is 1. The van der Waals surface area contributed by atoms with Crippen molar-refractivity contribution in [1.82, 2.24) is 0 Å². The van der Waals surface area contributed by atoms with Crippen LogP contribution in [0.25, 0.3) is 0 Å². The van der Waals surface area contributed by atoms with Crippen LogP contribution in [-0.2, 0) is 9.53 Å². The van der Waals surface area contributed by atoms with Crippen LogP contribution in [0.4, 0.5) is 0 Å². The lowest BCUT2D eigenvalue weighted by molar-refractivity contribution is -0.137. The lowest BCUT2D eigenvalue weighted by Crippen LogP contribution is -2.18. The van der Waals surface area contributed by atoms with Crippen molar-refractivity contribution in [3.05, 3.63) is 35.4 Å². The second-order valence-corrected chi connectivity index (χ2v) is 6.52. The van der Waals surface area contributed by atoms with Crippen LogP contribution < -0.4 is 0 Å². The van der Waals surface area contributed by atoms with E-state index in [1.807, 2.05) is 19.1 Å². The molecule has 0 fully saturated rings. The van der Waals surface area contributed by atoms with Gasteiger partial charge in [-0.3, -0.25) is 9.59 Å². The second kappa shape index (κ2) is 9.67. The minimum Gasteiger partial charge on any atom is -0.468 e. The number of hydrogen-bond acceptors (Lipinski definition) is 4. The highest BCUT2D eigenvalue weighted by Crippen LogP contribution is 2.22. The number of carbonyl (C=O) groups excluding carboxylic acids is 2. The summed E-state index contributed by atoms with van der Waals surface area (Å²) in [5, 5.41) is 0. The van der Waals surface area contributed by atoms with Gasteiger partial charge in [-0.25, -0.2) is 0 Å². The van der Waals surface area contributed by atoms with E-state index in [2.05, 4.69) is 30.7 Å². The lowest BCUT2D eigenvalue weighted by atomic mass is 9.93. The number of hydrogen-bond donors (Lipinski definition) is 0. The number of methoxy groups -OCH3 is 1. The molecule has 0 aliphatic heterocycles. The molecule has 0 saturated heterocycles. The van der Waals surface area contributed by atoms with Crippen molar-refractivity contribution >= 4 is 23.5 Å². The summed E-state index contributed by atoms with van der Waals surface area (Å²) in [6, 6.07) is 7.96. The topological polar surface area (TPSA) is 43.4 Å². The van der Waals surface area contributed by atoms with Crippen LogP contribution in [0.1, 0.15) is 55.5 Å². The van der Waals surface area contributed by atoms with Crippen LogP contribution in [0.2, 0.25) is 0 Å². The van der Waals surface area contributed by atoms with E-state index >= 15 is 0 Å². The molecule has 1 aromatic rings. The van der Waals surface area contributed by atoms with Crippen molar-refractivity contribution in [2.24, 2.45) is 5.92 Å². The van der Waals surface area contributed by atoms with E-state index < -0.39 is 0 Å². The molecule has 0 bridgehead atoms. The highest BCUT2D eigenvalue weighted by atomic mass is 32.2. The molecular weight excluding hydrogens is 296 g/mol. The van der Waals surface area contributed by atoms with Gasteiger partial charge in [-0.2, -0.15) is 0 Å². The summed E-state index contributed by atoms with van der Waals surface area (Å²) in [4.78, 5) is 23.7. The first-order chi connectivity index (χ1) is 10.5. The zero-order valence-corrected chi connectivity index (χ0v) is 14.7. The fourth-order valence-corrected chi connectivity index (χ4v) is 3.24. The van der Waals surface area contributed by atoms with E-state index in [9.17, 15) is 9.59 Å². The van der Waals surface area contributed by atoms with Gasteiger partial charge in [0.25, 0.3) is 0 Å². The summed E-state index contributed by atoms with van der Waals surface area (Å²) >= 11 is 1.46. The highest BCUT2D eigenvalue weighted by molar-refractivity contribution is 7.99. The summed E-state index contributed by atoms with van der Waals surface area (Å²) in [5.74, 6) is 1.33. The lowest BCUT2D eigenvalue weighted by Gasteiger charge is -2.14. The highest BCUT2D eigenvalue weighted by Gasteiger charge is 2.19. The monoisotopic (exact) mass is 322 g/mol. The Kier molecular flexibility index (Phi) is 8.25. The van der Waals surface area contributed by atoms with Crippen molar-refractivity contribution in [2.45, 2.75) is 39.5 Å². The number of esters is 1. The standard InChI is InChI=1S/C18H26O3S/c1-5-13(3)15-7-9-16(10-8-15)18(20)14(6-2)11-22-12-17(19)21-4/h7-10,13-14H,5-6,11-12H2,1-4H3. The average molecular weight is 322 g/mol. The Morgan fingerprint density at radius 3 is 2.27 bits per heavy atom. The Balaban J connectivity index is 2.65. The summed E-state index contributed by atoms with van der Waals surface area (Å²) in [6.45, 7) is 6.36. The van der Waals surface area contributed by atoms with E-state index in [0.717, 1.165) is 18.4 Å². The molecule has 0 aromatic heterocycles. The van der Waals surface area contributed by atoms with Gasteiger partial charge >= 0.3 is 5.97 Å². The molecule has 0 amide bonds. The largest absolute Gasteiger partial charge is 0.468 e. The van der Waals surface area contributed by atoms with E-state index in [1.165, 1.54) is 24.4 Å². The molecule has 0 spiro atoms. The molecule has 2 unspecified atom stereocenters. The Bertz CT molecular complexity index is 482. The van der Waals surface area contributed by atoms with Gasteiger partial charge in [0.2, 0.25) is 0 Å². The number of ether oxygens (including phenoxy) is 1. The fourth-order valence-electron chi connectivity index (χ4n) is 2.17. The van der Waals surface area contributed by atoms with Gasteiger partial charge in [0.05, 0.1) is 12.9 Å². The van der Waals surface area contributed by atoms with Crippen LogP contribution in [0, 0.1) is 5.92 Å². The van der Waals surface area contributed by atoms with Crippen LogP contribution in [0.5, 0.6) is 0 Å². The Hall–Kier alpha value is -1.29. The third kappa shape index (κ3) is 5.48. The number of benzene rings is 1. The Morgan fingerprint density at radius 2 is 1.77 bits per heavy atom. The van der Waals surface area contributed by atoms with E-state index in [-0.39, 0.29) is 17.7 Å². The first kappa shape index (κ1) is 18.8. The van der Waals surface area contributed by atoms with Crippen molar-refractivity contribution in [1.29, 1.82) is 0 Å². The van der Waals surface area contributed by atoms with Gasteiger partial charge in [-0.05, 0) is 24.3 Å². The first-order valence-electron chi connectivity index (χ1n) is 7.82. The number of thioether (sulfide) groups is 1. The molecular formula is C18H26O3S. The third-order valence-electron chi connectivity index (χ3n) is 4.01. The average Bonchev–Trinajstić information content (AvgIpc) is 2.57. The maximum absolute atomic E-state index is 12.5. The number of ketones is 1. The van der Waals surface area contributed by atoms with Gasteiger partial charge in [-0.15, -0.1) is 11.8 Å². The minimum absolute atomic E-state index is 0.0518. The zero-order chi connectivity index (χ0) is 16.5. The van der Waals surface area contributed by atoms with Crippen molar-refractivity contribution < 1.29 is 14.3 Å². The first-order valence-corrected chi connectivity index (χ1v) is 8.97. The molecule has 1 rings (SSSR count). The van der Waals surface area contributed by atoms with Crippen LogP contribution >= 0.6 is 11.8 Å². The van der Waals surface area contributed by atoms with Gasteiger partial charge in [0, 0.05) is 17.2 Å². The Labute approximate surface area is 137 Å². The second-order valence-electron chi connectivity index (χ2n) is 5.49. The number of carbonyl (C=O) groups is 2. The van der Waals surface area contributed by atoms with E-state index in [1.54, 1.807) is 0 Å². The minimum atomic E-state index is -0.245. The molecule has 0 radical (unpaired) electrons. The van der Waals surface area contributed by atoms with Crippen molar-refractivity contribution in [2.75, 3.05) is 18.6 Å². The van der Waals surface area contributed by atoms with Crippen molar-refractivity contribution in [3.8, 4) is 0 Å². The maximum atomic E-state index is 12.5. The smallest absolute Gasteiger partial charge is 0.315 e. The number of rotatable bonds is 9. The van der Waals surface area contributed by atoms with Crippen LogP contribution in [0.15, 0.2) is 24.3 Å². The fraction of sp³-hybridized carbons (Fsp3) is 0.556. The van der Waals surface area contributed by atoms with Crippen molar-refractivity contribution in [3.63, 3.8) is 0 Å². The van der Waals surface area contributed by atoms with Gasteiger partial charge in [-0.1, -0.05) is 45.0 Å². The van der Waals surface area contributed by atoms with Gasteiger partial charge in [0.1, 0.15) is 0 Å². The summed E-state index contributed by atoms with van der Waals surface area (Å²) < 4.78 is 4.61. The molecule has 3 nitrogen and oxygen atoms in total. The van der Waals surface area contributed by atoms with Crippen LogP contribution in [0.3, 0.4) is 0 Å². The molecule has 0 N–H and O–H groups in total. The SMILES string of the molecule is CCC(CSCC(=O)OC)C(=O)c1ccc(C(C)CC)cc1. The normalized spacial score (nSPS) is 13.5. The Morgan fingerprint density at radius 1 is 1.14 bits per heavy atom. The van der Waals surface area contributed by atoms with E-state index in [0.29, 0.717) is 17.4 Å². The molecule has 0 heterocycles. The summed E-state index contributed by atoms with van der Waals surface area (Å²) in [7, 11) is 1.38. The molecule has 2 atom stereocenters. The van der Waals surface area contributed by atoms with E-state index in [4.69, 9.17) is 0 Å². The molecule has 22 heavy (non-hydrogen) atoms. The predicted octanol–water partition coefficient (Wildman–Crippen LogP) is 4.32. The molecule has 4 heteroatoms. The third-order valence-corrected chi connectivity index (χ3v) is 5.08. The maximum Gasteiger partial charge on any atom is 0.315 e. The summed E-state index contributed by atoms with van der Waals surface area (Å²) in [5.41, 5.74) is 2.03. The van der Waals surface area contributed by atoms with Gasteiger partial charge < -0.3 is 4.74 Å². The zero-order valence-electron chi connectivity index (χ0n) is 13.9. The molecule has 1 aromatic carbocycles. The molecule has 122 valence electrons. The van der Waals surface area contributed by atoms with Crippen LogP contribution in [-0.4, -0.2) is 30.4 Å².